The Bertz CT molecular complexity index is 510. The Morgan fingerprint density at radius 2 is 2.40 bits per heavy atom. The second kappa shape index (κ2) is 6.52. The third-order valence-electron chi connectivity index (χ3n) is 3.30. The van der Waals surface area contributed by atoms with Gasteiger partial charge in [0.05, 0.1) is 11.8 Å². The highest BCUT2D eigenvalue weighted by Crippen LogP contribution is 2.22. The van der Waals surface area contributed by atoms with E-state index in [1.54, 1.807) is 12.1 Å². The van der Waals surface area contributed by atoms with Gasteiger partial charge < -0.3 is 14.7 Å². The number of aliphatic carboxylic acids is 1. The van der Waals surface area contributed by atoms with Crippen LogP contribution in [0.5, 0.6) is 0 Å². The number of hydrogen-bond donors (Lipinski definition) is 1. The van der Waals surface area contributed by atoms with E-state index in [0.29, 0.717) is 17.8 Å². The van der Waals surface area contributed by atoms with E-state index in [1.165, 1.54) is 12.1 Å². The van der Waals surface area contributed by atoms with Crippen molar-refractivity contribution in [2.24, 2.45) is 0 Å². The lowest BCUT2D eigenvalue weighted by atomic mass is 10.1. The quantitative estimate of drug-likeness (QED) is 0.841. The molecule has 0 radical (unpaired) electrons. The van der Waals surface area contributed by atoms with Crippen LogP contribution in [0.3, 0.4) is 0 Å². The van der Waals surface area contributed by atoms with Gasteiger partial charge in [-0.3, -0.25) is 0 Å². The SMILES string of the molecule is CN(CC1CCCO1)c1ccc(C=CC(=O)O)cc1F. The Hall–Kier alpha value is -1.88. The molecule has 0 spiro atoms. The van der Waals surface area contributed by atoms with Crippen LogP contribution in [0.4, 0.5) is 10.1 Å². The highest BCUT2D eigenvalue weighted by Gasteiger charge is 2.18. The van der Waals surface area contributed by atoms with Crippen molar-refractivity contribution < 1.29 is 19.0 Å². The molecule has 0 saturated carbocycles. The fraction of sp³-hybridized carbons (Fsp3) is 0.400. The average molecular weight is 279 g/mol. The summed E-state index contributed by atoms with van der Waals surface area (Å²) in [6.07, 6.45) is 4.58. The van der Waals surface area contributed by atoms with Gasteiger partial charge in [-0.1, -0.05) is 6.07 Å². The first kappa shape index (κ1) is 14.5. The number of anilines is 1. The zero-order chi connectivity index (χ0) is 14.5. The Morgan fingerprint density at radius 3 is 3.00 bits per heavy atom. The lowest BCUT2D eigenvalue weighted by molar-refractivity contribution is -0.131. The number of likely N-dealkylation sites (N-methyl/N-ethyl adjacent to an activating group) is 1. The molecule has 20 heavy (non-hydrogen) atoms. The van der Waals surface area contributed by atoms with Crippen LogP contribution in [0.25, 0.3) is 6.08 Å². The van der Waals surface area contributed by atoms with E-state index in [0.717, 1.165) is 25.5 Å². The summed E-state index contributed by atoms with van der Waals surface area (Å²) in [5, 5.41) is 8.54. The van der Waals surface area contributed by atoms with Crippen molar-refractivity contribution in [3.63, 3.8) is 0 Å². The van der Waals surface area contributed by atoms with Gasteiger partial charge in [-0.15, -0.1) is 0 Å². The van der Waals surface area contributed by atoms with E-state index in [9.17, 15) is 9.18 Å². The molecule has 1 aliphatic rings. The van der Waals surface area contributed by atoms with Crippen molar-refractivity contribution in [3.8, 4) is 0 Å². The Labute approximate surface area is 117 Å². The maximum atomic E-state index is 14.0. The van der Waals surface area contributed by atoms with E-state index >= 15 is 0 Å². The van der Waals surface area contributed by atoms with Crippen LogP contribution in [-0.4, -0.2) is 37.4 Å². The van der Waals surface area contributed by atoms with E-state index in [-0.39, 0.29) is 11.9 Å². The second-order valence-electron chi connectivity index (χ2n) is 4.90. The zero-order valence-corrected chi connectivity index (χ0v) is 11.4. The number of ether oxygens (including phenoxy) is 1. The number of carbonyl (C=O) groups is 1. The predicted octanol–water partition coefficient (Wildman–Crippen LogP) is 2.54. The first-order valence-electron chi connectivity index (χ1n) is 6.59. The van der Waals surface area contributed by atoms with Gasteiger partial charge >= 0.3 is 5.97 Å². The number of halogens is 1. The lowest BCUT2D eigenvalue weighted by Crippen LogP contribution is -2.29. The summed E-state index contributed by atoms with van der Waals surface area (Å²) in [4.78, 5) is 12.3. The topological polar surface area (TPSA) is 49.8 Å². The Balaban J connectivity index is 2.06. The van der Waals surface area contributed by atoms with E-state index in [4.69, 9.17) is 9.84 Å². The van der Waals surface area contributed by atoms with Gasteiger partial charge in [0.25, 0.3) is 0 Å². The fourth-order valence-electron chi connectivity index (χ4n) is 2.30. The smallest absolute Gasteiger partial charge is 0.328 e. The molecule has 0 amide bonds. The number of hydrogen-bond acceptors (Lipinski definition) is 3. The molecule has 0 bridgehead atoms. The van der Waals surface area contributed by atoms with E-state index in [2.05, 4.69) is 0 Å². The van der Waals surface area contributed by atoms with Crippen LogP contribution in [0.1, 0.15) is 18.4 Å². The molecule has 0 aliphatic carbocycles. The van der Waals surface area contributed by atoms with Crippen LogP contribution < -0.4 is 4.90 Å². The third-order valence-corrected chi connectivity index (χ3v) is 3.30. The van der Waals surface area contributed by atoms with Gasteiger partial charge in [0.1, 0.15) is 5.82 Å². The van der Waals surface area contributed by atoms with Gasteiger partial charge in [0.2, 0.25) is 0 Å². The van der Waals surface area contributed by atoms with Crippen molar-refractivity contribution in [1.82, 2.24) is 0 Å². The molecule has 4 nitrogen and oxygen atoms in total. The van der Waals surface area contributed by atoms with Gasteiger partial charge in [0, 0.05) is 26.3 Å². The molecule has 1 fully saturated rings. The molecule has 1 aromatic rings. The lowest BCUT2D eigenvalue weighted by Gasteiger charge is -2.23. The summed E-state index contributed by atoms with van der Waals surface area (Å²) >= 11 is 0. The Kier molecular flexibility index (Phi) is 4.74. The Morgan fingerprint density at radius 1 is 1.60 bits per heavy atom. The molecule has 1 saturated heterocycles. The first-order valence-corrected chi connectivity index (χ1v) is 6.59. The highest BCUT2D eigenvalue weighted by atomic mass is 19.1. The van der Waals surface area contributed by atoms with Crippen LogP contribution in [0, 0.1) is 5.82 Å². The summed E-state index contributed by atoms with van der Waals surface area (Å²) in [5.41, 5.74) is 1.02. The van der Waals surface area contributed by atoms with Gasteiger partial charge in [0.15, 0.2) is 0 Å². The summed E-state index contributed by atoms with van der Waals surface area (Å²) in [5.74, 6) is -1.41. The largest absolute Gasteiger partial charge is 0.478 e. The predicted molar refractivity (Wildman–Crippen MR) is 75.3 cm³/mol. The van der Waals surface area contributed by atoms with E-state index < -0.39 is 5.97 Å². The van der Waals surface area contributed by atoms with Crippen molar-refractivity contribution in [2.45, 2.75) is 18.9 Å². The van der Waals surface area contributed by atoms with Crippen LogP contribution in [0.15, 0.2) is 24.3 Å². The summed E-state index contributed by atoms with van der Waals surface area (Å²) in [7, 11) is 1.83. The maximum absolute atomic E-state index is 14.0. The van der Waals surface area contributed by atoms with Crippen molar-refractivity contribution in [2.75, 3.05) is 25.1 Å². The minimum absolute atomic E-state index is 0.158. The first-order chi connectivity index (χ1) is 9.56. The second-order valence-corrected chi connectivity index (χ2v) is 4.90. The molecule has 0 aromatic heterocycles. The number of rotatable bonds is 5. The van der Waals surface area contributed by atoms with Crippen molar-refractivity contribution in [1.29, 1.82) is 0 Å². The molecular weight excluding hydrogens is 261 g/mol. The molecule has 1 N–H and O–H groups in total. The van der Waals surface area contributed by atoms with Crippen molar-refractivity contribution in [3.05, 3.63) is 35.7 Å². The molecule has 1 aromatic carbocycles. The molecule has 2 rings (SSSR count). The number of carboxylic acids is 1. The maximum Gasteiger partial charge on any atom is 0.328 e. The van der Waals surface area contributed by atoms with Gasteiger partial charge in [-0.2, -0.15) is 0 Å². The number of nitrogens with zero attached hydrogens (tertiary/aromatic N) is 1. The van der Waals surface area contributed by atoms with E-state index in [1.807, 2.05) is 11.9 Å². The molecule has 1 aliphatic heterocycles. The number of carboxylic acid groups (broad SMARTS) is 1. The molecule has 1 unspecified atom stereocenters. The number of benzene rings is 1. The summed E-state index contributed by atoms with van der Waals surface area (Å²) < 4.78 is 19.6. The molecule has 108 valence electrons. The molecule has 1 atom stereocenters. The monoisotopic (exact) mass is 279 g/mol. The third kappa shape index (κ3) is 3.81. The molecule has 1 heterocycles. The average Bonchev–Trinajstić information content (AvgIpc) is 2.89. The van der Waals surface area contributed by atoms with Crippen molar-refractivity contribution >= 4 is 17.7 Å². The van der Waals surface area contributed by atoms with Gasteiger partial charge in [-0.05, 0) is 36.6 Å². The van der Waals surface area contributed by atoms with Crippen LogP contribution >= 0.6 is 0 Å². The summed E-state index contributed by atoms with van der Waals surface area (Å²) in [6.45, 7) is 1.43. The normalized spacial score (nSPS) is 18.6. The van der Waals surface area contributed by atoms with Crippen LogP contribution in [-0.2, 0) is 9.53 Å². The van der Waals surface area contributed by atoms with Gasteiger partial charge in [-0.25, -0.2) is 9.18 Å². The molecule has 5 heteroatoms. The fourth-order valence-corrected chi connectivity index (χ4v) is 2.30. The standard InChI is InChI=1S/C15H18FNO3/c1-17(10-12-3-2-8-20-12)14-6-4-11(9-13(14)16)5-7-15(18)19/h4-7,9,12H,2-3,8,10H2,1H3,(H,18,19). The zero-order valence-electron chi connectivity index (χ0n) is 11.4. The highest BCUT2D eigenvalue weighted by molar-refractivity contribution is 5.85. The molecular formula is C15H18FNO3. The van der Waals surface area contributed by atoms with Crippen LogP contribution in [0.2, 0.25) is 0 Å². The minimum Gasteiger partial charge on any atom is -0.478 e. The minimum atomic E-state index is -1.05. The summed E-state index contributed by atoms with van der Waals surface area (Å²) in [6, 6.07) is 4.69.